The molecule has 0 spiro atoms. The van der Waals surface area contributed by atoms with Crippen LogP contribution >= 0.6 is 11.3 Å². The maximum atomic E-state index is 12.6. The smallest absolute Gasteiger partial charge is 0.273 e. The average molecular weight is 290 g/mol. The second-order valence-corrected chi connectivity index (χ2v) is 6.46. The lowest BCUT2D eigenvalue weighted by Gasteiger charge is -2.23. The Labute approximate surface area is 122 Å². The molecule has 1 fully saturated rings. The van der Waals surface area contributed by atoms with Crippen LogP contribution < -0.4 is 0 Å². The molecule has 4 nitrogen and oxygen atoms in total. The van der Waals surface area contributed by atoms with Gasteiger partial charge in [-0.25, -0.2) is 4.98 Å². The molecule has 0 N–H and O–H groups in total. The van der Waals surface area contributed by atoms with Crippen molar-refractivity contribution in [2.24, 2.45) is 5.92 Å². The van der Waals surface area contributed by atoms with E-state index in [-0.39, 0.29) is 5.91 Å². The van der Waals surface area contributed by atoms with Gasteiger partial charge in [0.25, 0.3) is 5.91 Å². The Morgan fingerprint density at radius 2 is 2.35 bits per heavy atom. The Bertz CT molecular complexity index is 585. The van der Waals surface area contributed by atoms with Crippen LogP contribution in [0.1, 0.15) is 37.2 Å². The molecule has 3 rings (SSSR count). The van der Waals surface area contributed by atoms with Gasteiger partial charge in [0.1, 0.15) is 5.69 Å². The van der Waals surface area contributed by atoms with Crippen molar-refractivity contribution in [3.05, 3.63) is 29.5 Å². The number of hydrogen-bond donors (Lipinski definition) is 0. The van der Waals surface area contributed by atoms with Crippen LogP contribution in [0.5, 0.6) is 0 Å². The van der Waals surface area contributed by atoms with Crippen LogP contribution in [0.25, 0.3) is 10.8 Å². The lowest BCUT2D eigenvalue weighted by molar-refractivity contribution is 0.0717. The maximum absolute atomic E-state index is 12.6. The van der Waals surface area contributed by atoms with Crippen LogP contribution in [-0.4, -0.2) is 28.4 Å². The number of furan rings is 1. The third-order valence-electron chi connectivity index (χ3n) is 3.27. The van der Waals surface area contributed by atoms with Gasteiger partial charge in [-0.2, -0.15) is 0 Å². The van der Waals surface area contributed by atoms with Crippen molar-refractivity contribution in [2.75, 3.05) is 6.54 Å². The third kappa shape index (κ3) is 2.77. The van der Waals surface area contributed by atoms with Crippen LogP contribution in [0.3, 0.4) is 0 Å². The number of aromatic nitrogens is 1. The van der Waals surface area contributed by atoms with E-state index in [1.807, 2.05) is 22.4 Å². The Hall–Kier alpha value is -1.62. The summed E-state index contributed by atoms with van der Waals surface area (Å²) in [5.74, 6) is 1.24. The monoisotopic (exact) mass is 290 g/mol. The summed E-state index contributed by atoms with van der Waals surface area (Å²) >= 11 is 1.45. The summed E-state index contributed by atoms with van der Waals surface area (Å²) in [4.78, 5) is 19.0. The number of amides is 1. The number of hydrogen-bond acceptors (Lipinski definition) is 4. The molecule has 1 aliphatic rings. The number of carbonyl (C=O) groups is 1. The quantitative estimate of drug-likeness (QED) is 0.844. The van der Waals surface area contributed by atoms with Crippen LogP contribution in [0.15, 0.2) is 28.2 Å². The first-order chi connectivity index (χ1) is 9.65. The summed E-state index contributed by atoms with van der Waals surface area (Å²) in [5, 5.41) is 2.59. The molecule has 0 aromatic carbocycles. The zero-order valence-electron chi connectivity index (χ0n) is 11.7. The van der Waals surface area contributed by atoms with E-state index in [1.165, 1.54) is 11.3 Å². The molecule has 5 heteroatoms. The normalized spacial score (nSPS) is 14.8. The second-order valence-electron chi connectivity index (χ2n) is 5.60. The molecule has 0 unspecified atom stereocenters. The molecule has 0 bridgehead atoms. The molecule has 0 saturated heterocycles. The highest BCUT2D eigenvalue weighted by molar-refractivity contribution is 7.13. The first-order valence-corrected chi connectivity index (χ1v) is 7.83. The predicted octanol–water partition coefficient (Wildman–Crippen LogP) is 3.66. The van der Waals surface area contributed by atoms with Gasteiger partial charge in [0.15, 0.2) is 10.8 Å². The molecule has 0 aliphatic heterocycles. The van der Waals surface area contributed by atoms with Crippen molar-refractivity contribution in [3.63, 3.8) is 0 Å². The van der Waals surface area contributed by atoms with E-state index in [0.717, 1.165) is 30.2 Å². The van der Waals surface area contributed by atoms with E-state index in [0.29, 0.717) is 17.7 Å². The minimum Gasteiger partial charge on any atom is -0.462 e. The summed E-state index contributed by atoms with van der Waals surface area (Å²) in [5.41, 5.74) is 0.536. The van der Waals surface area contributed by atoms with Gasteiger partial charge in [-0.3, -0.25) is 4.79 Å². The van der Waals surface area contributed by atoms with Gasteiger partial charge in [0, 0.05) is 18.0 Å². The zero-order valence-corrected chi connectivity index (χ0v) is 12.5. The van der Waals surface area contributed by atoms with Crippen LogP contribution in [0.4, 0.5) is 0 Å². The van der Waals surface area contributed by atoms with Crippen LogP contribution in [0.2, 0.25) is 0 Å². The number of rotatable bonds is 5. The SMILES string of the molecule is CC(C)CN(C(=O)c1csc(-c2ccco2)n1)C1CC1. The highest BCUT2D eigenvalue weighted by Crippen LogP contribution is 2.30. The molecule has 106 valence electrons. The minimum absolute atomic E-state index is 0.0512. The van der Waals surface area contributed by atoms with E-state index >= 15 is 0 Å². The lowest BCUT2D eigenvalue weighted by Crippen LogP contribution is -2.36. The van der Waals surface area contributed by atoms with Crippen molar-refractivity contribution in [1.82, 2.24) is 9.88 Å². The first-order valence-electron chi connectivity index (χ1n) is 6.95. The van der Waals surface area contributed by atoms with Gasteiger partial charge in [-0.05, 0) is 30.9 Å². The van der Waals surface area contributed by atoms with Gasteiger partial charge in [0.2, 0.25) is 0 Å². The second kappa shape index (κ2) is 5.40. The topological polar surface area (TPSA) is 46.3 Å². The van der Waals surface area contributed by atoms with Gasteiger partial charge in [-0.1, -0.05) is 13.8 Å². The van der Waals surface area contributed by atoms with Crippen molar-refractivity contribution in [2.45, 2.75) is 32.7 Å². The fourth-order valence-electron chi connectivity index (χ4n) is 2.21. The van der Waals surface area contributed by atoms with Gasteiger partial charge < -0.3 is 9.32 Å². The Kier molecular flexibility index (Phi) is 3.61. The molecule has 0 radical (unpaired) electrons. The molecule has 2 heterocycles. The van der Waals surface area contributed by atoms with E-state index in [2.05, 4.69) is 18.8 Å². The number of nitrogens with zero attached hydrogens (tertiary/aromatic N) is 2. The summed E-state index contributed by atoms with van der Waals surface area (Å²) in [6, 6.07) is 4.10. The van der Waals surface area contributed by atoms with Crippen LogP contribution in [-0.2, 0) is 0 Å². The predicted molar refractivity (Wildman–Crippen MR) is 78.7 cm³/mol. The summed E-state index contributed by atoms with van der Waals surface area (Å²) < 4.78 is 5.32. The van der Waals surface area contributed by atoms with E-state index in [1.54, 1.807) is 6.26 Å². The molecular weight excluding hydrogens is 272 g/mol. The van der Waals surface area contributed by atoms with Crippen molar-refractivity contribution < 1.29 is 9.21 Å². The van der Waals surface area contributed by atoms with Crippen molar-refractivity contribution in [1.29, 1.82) is 0 Å². The van der Waals surface area contributed by atoms with Crippen molar-refractivity contribution in [3.8, 4) is 10.8 Å². The summed E-state index contributed by atoms with van der Waals surface area (Å²) in [6.45, 7) is 5.08. The van der Waals surface area contributed by atoms with E-state index in [4.69, 9.17) is 4.42 Å². The van der Waals surface area contributed by atoms with Crippen molar-refractivity contribution >= 4 is 17.2 Å². The number of thiazole rings is 1. The fraction of sp³-hybridized carbons (Fsp3) is 0.467. The molecule has 1 amide bonds. The van der Waals surface area contributed by atoms with Crippen LogP contribution in [0, 0.1) is 5.92 Å². The third-order valence-corrected chi connectivity index (χ3v) is 4.12. The highest BCUT2D eigenvalue weighted by Gasteiger charge is 2.34. The molecule has 2 aromatic heterocycles. The average Bonchev–Trinajstić information content (AvgIpc) is 2.94. The summed E-state index contributed by atoms with van der Waals surface area (Å²) in [6.07, 6.45) is 3.86. The number of carbonyl (C=O) groups excluding carboxylic acids is 1. The molecule has 2 aromatic rings. The molecule has 20 heavy (non-hydrogen) atoms. The zero-order chi connectivity index (χ0) is 14.1. The standard InChI is InChI=1S/C15H18N2O2S/c1-10(2)8-17(11-5-6-11)15(18)12-9-20-14(16-12)13-4-3-7-19-13/h3-4,7,9-11H,5-6,8H2,1-2H3. The molecule has 1 saturated carbocycles. The molecular formula is C15H18N2O2S. The maximum Gasteiger partial charge on any atom is 0.273 e. The fourth-order valence-corrected chi connectivity index (χ4v) is 2.97. The summed E-state index contributed by atoms with van der Waals surface area (Å²) in [7, 11) is 0. The largest absolute Gasteiger partial charge is 0.462 e. The Balaban J connectivity index is 1.79. The van der Waals surface area contributed by atoms with Gasteiger partial charge in [-0.15, -0.1) is 11.3 Å². The Morgan fingerprint density at radius 3 is 2.95 bits per heavy atom. The van der Waals surface area contributed by atoms with E-state index < -0.39 is 0 Å². The highest BCUT2D eigenvalue weighted by atomic mass is 32.1. The van der Waals surface area contributed by atoms with E-state index in [9.17, 15) is 4.79 Å². The van der Waals surface area contributed by atoms with Gasteiger partial charge >= 0.3 is 0 Å². The minimum atomic E-state index is 0.0512. The first kappa shape index (κ1) is 13.4. The van der Waals surface area contributed by atoms with Gasteiger partial charge in [0.05, 0.1) is 6.26 Å². The molecule has 1 aliphatic carbocycles. The molecule has 0 atom stereocenters. The lowest BCUT2D eigenvalue weighted by atomic mass is 10.2. The Morgan fingerprint density at radius 1 is 1.55 bits per heavy atom.